The molecule has 0 bridgehead atoms. The molecule has 0 aliphatic rings. The van der Waals surface area contributed by atoms with Gasteiger partial charge in [-0.15, -0.1) is 0 Å². The number of hydrogen-bond donors (Lipinski definition) is 0. The van der Waals surface area contributed by atoms with Crippen LogP contribution in [0.25, 0.3) is 0 Å². The van der Waals surface area contributed by atoms with Gasteiger partial charge >= 0.3 is 17.9 Å². The first-order chi connectivity index (χ1) is 22.8. The van der Waals surface area contributed by atoms with E-state index in [0.717, 1.165) is 76.0 Å². The molecular formula is C41H78O6. The lowest BCUT2D eigenvalue weighted by Crippen LogP contribution is -2.30. The van der Waals surface area contributed by atoms with Crippen LogP contribution in [0.2, 0.25) is 0 Å². The number of ether oxygens (including phenoxy) is 3. The molecule has 2 atom stereocenters. The van der Waals surface area contributed by atoms with Crippen LogP contribution in [-0.2, 0) is 28.6 Å². The zero-order valence-corrected chi connectivity index (χ0v) is 31.9. The third-order valence-electron chi connectivity index (χ3n) is 9.33. The van der Waals surface area contributed by atoms with Gasteiger partial charge in [-0.25, -0.2) is 0 Å². The maximum Gasteiger partial charge on any atom is 0.306 e. The van der Waals surface area contributed by atoms with Crippen molar-refractivity contribution in [3.05, 3.63) is 0 Å². The van der Waals surface area contributed by atoms with E-state index in [1.165, 1.54) is 96.3 Å². The SMILES string of the molecule is CCCCCCCC(=O)OC[C@H](COC(=O)CCCCCCCCCC(C)C)OC(=O)CCCCCCCCCCCCC(C)CC. The van der Waals surface area contributed by atoms with Gasteiger partial charge in [0, 0.05) is 19.3 Å². The zero-order chi connectivity index (χ0) is 34.8. The van der Waals surface area contributed by atoms with Crippen molar-refractivity contribution in [2.24, 2.45) is 11.8 Å². The summed E-state index contributed by atoms with van der Waals surface area (Å²) in [6.45, 7) is 11.2. The first-order valence-electron chi connectivity index (χ1n) is 20.3. The monoisotopic (exact) mass is 667 g/mol. The topological polar surface area (TPSA) is 78.9 Å². The molecule has 47 heavy (non-hydrogen) atoms. The van der Waals surface area contributed by atoms with Crippen molar-refractivity contribution in [2.75, 3.05) is 13.2 Å². The van der Waals surface area contributed by atoms with E-state index in [4.69, 9.17) is 14.2 Å². The number of unbranched alkanes of at least 4 members (excludes halogenated alkanes) is 19. The number of rotatable bonds is 35. The Hall–Kier alpha value is -1.59. The molecule has 0 aromatic rings. The fourth-order valence-corrected chi connectivity index (χ4v) is 5.84. The number of carbonyl (C=O) groups excluding carboxylic acids is 3. The lowest BCUT2D eigenvalue weighted by atomic mass is 9.99. The average Bonchev–Trinajstić information content (AvgIpc) is 3.05. The van der Waals surface area contributed by atoms with Crippen LogP contribution in [0, 0.1) is 11.8 Å². The highest BCUT2D eigenvalue weighted by Gasteiger charge is 2.19. The second kappa shape index (κ2) is 34.3. The van der Waals surface area contributed by atoms with Crippen LogP contribution in [0.5, 0.6) is 0 Å². The van der Waals surface area contributed by atoms with Crippen LogP contribution in [0.4, 0.5) is 0 Å². The van der Waals surface area contributed by atoms with Gasteiger partial charge in [-0.3, -0.25) is 14.4 Å². The predicted molar refractivity (Wildman–Crippen MR) is 196 cm³/mol. The molecule has 0 fully saturated rings. The summed E-state index contributed by atoms with van der Waals surface area (Å²) in [4.78, 5) is 37.3. The smallest absolute Gasteiger partial charge is 0.306 e. The molecule has 6 heteroatoms. The minimum atomic E-state index is -0.758. The van der Waals surface area contributed by atoms with Gasteiger partial charge in [-0.1, -0.05) is 176 Å². The van der Waals surface area contributed by atoms with Crippen LogP contribution in [0.15, 0.2) is 0 Å². The van der Waals surface area contributed by atoms with Crippen molar-refractivity contribution in [2.45, 2.75) is 221 Å². The first-order valence-corrected chi connectivity index (χ1v) is 20.3. The van der Waals surface area contributed by atoms with E-state index in [2.05, 4.69) is 34.6 Å². The molecule has 0 heterocycles. The summed E-state index contributed by atoms with van der Waals surface area (Å²) in [7, 11) is 0. The van der Waals surface area contributed by atoms with Crippen molar-refractivity contribution in [1.82, 2.24) is 0 Å². The highest BCUT2D eigenvalue weighted by atomic mass is 16.6. The Labute approximate surface area is 291 Å². The molecule has 0 aromatic carbocycles. The summed E-state index contributed by atoms with van der Waals surface area (Å²) in [5, 5.41) is 0. The minimum absolute atomic E-state index is 0.0676. The van der Waals surface area contributed by atoms with Crippen LogP contribution in [0.1, 0.15) is 214 Å². The second-order valence-corrected chi connectivity index (χ2v) is 14.6. The Morgan fingerprint density at radius 2 is 0.809 bits per heavy atom. The molecule has 0 rings (SSSR count). The van der Waals surface area contributed by atoms with Gasteiger partial charge < -0.3 is 14.2 Å². The number of hydrogen-bond acceptors (Lipinski definition) is 6. The summed E-state index contributed by atoms with van der Waals surface area (Å²) in [5.41, 5.74) is 0. The van der Waals surface area contributed by atoms with Gasteiger partial charge in [0.05, 0.1) is 0 Å². The predicted octanol–water partition coefficient (Wildman–Crippen LogP) is 12.2. The normalized spacial score (nSPS) is 12.6. The van der Waals surface area contributed by atoms with Gasteiger partial charge in [0.25, 0.3) is 0 Å². The summed E-state index contributed by atoms with van der Waals surface area (Å²) < 4.78 is 16.5. The summed E-state index contributed by atoms with van der Waals surface area (Å²) in [5.74, 6) is 0.768. The maximum atomic E-state index is 12.6. The molecule has 0 N–H and O–H groups in total. The van der Waals surface area contributed by atoms with Crippen LogP contribution in [0.3, 0.4) is 0 Å². The molecule has 0 spiro atoms. The Kier molecular flexibility index (Phi) is 33.1. The molecular weight excluding hydrogens is 588 g/mol. The second-order valence-electron chi connectivity index (χ2n) is 14.6. The van der Waals surface area contributed by atoms with E-state index in [0.29, 0.717) is 19.3 Å². The quantitative estimate of drug-likeness (QED) is 0.0380. The Balaban J connectivity index is 4.26. The maximum absolute atomic E-state index is 12.6. The highest BCUT2D eigenvalue weighted by molar-refractivity contribution is 5.71. The number of carbonyl (C=O) groups is 3. The molecule has 0 saturated carbocycles. The van der Waals surface area contributed by atoms with Gasteiger partial charge in [-0.05, 0) is 31.1 Å². The summed E-state index contributed by atoms with van der Waals surface area (Å²) >= 11 is 0. The van der Waals surface area contributed by atoms with E-state index < -0.39 is 6.10 Å². The van der Waals surface area contributed by atoms with Crippen LogP contribution < -0.4 is 0 Å². The van der Waals surface area contributed by atoms with Crippen molar-refractivity contribution in [3.8, 4) is 0 Å². The lowest BCUT2D eigenvalue weighted by molar-refractivity contribution is -0.167. The summed E-state index contributed by atoms with van der Waals surface area (Å²) in [6, 6.07) is 0. The fraction of sp³-hybridized carbons (Fsp3) is 0.927. The van der Waals surface area contributed by atoms with Crippen LogP contribution >= 0.6 is 0 Å². The molecule has 0 aromatic heterocycles. The Bertz CT molecular complexity index is 721. The van der Waals surface area contributed by atoms with Crippen molar-refractivity contribution >= 4 is 17.9 Å². The van der Waals surface area contributed by atoms with Gasteiger partial charge in [-0.2, -0.15) is 0 Å². The van der Waals surface area contributed by atoms with E-state index in [1.54, 1.807) is 0 Å². The molecule has 0 radical (unpaired) electrons. The Morgan fingerprint density at radius 3 is 1.21 bits per heavy atom. The molecule has 0 saturated heterocycles. The Morgan fingerprint density at radius 1 is 0.447 bits per heavy atom. The average molecular weight is 667 g/mol. The lowest BCUT2D eigenvalue weighted by Gasteiger charge is -2.18. The zero-order valence-electron chi connectivity index (χ0n) is 31.9. The van der Waals surface area contributed by atoms with Gasteiger partial charge in [0.2, 0.25) is 0 Å². The third-order valence-corrected chi connectivity index (χ3v) is 9.33. The van der Waals surface area contributed by atoms with E-state index in [-0.39, 0.29) is 31.1 Å². The first kappa shape index (κ1) is 45.4. The van der Waals surface area contributed by atoms with Gasteiger partial charge in [0.15, 0.2) is 6.10 Å². The van der Waals surface area contributed by atoms with E-state index >= 15 is 0 Å². The summed E-state index contributed by atoms with van der Waals surface area (Å²) in [6.07, 6.45) is 29.7. The van der Waals surface area contributed by atoms with E-state index in [9.17, 15) is 14.4 Å². The molecule has 278 valence electrons. The standard InChI is InChI=1S/C41H78O6/c1-6-8-9-19-26-31-39(42)45-34-38(35-46-40(43)32-27-22-18-14-15-20-24-29-36(3)4)47-41(44)33-28-23-17-13-11-10-12-16-21-25-30-37(5)7-2/h36-38H,6-35H2,1-5H3/t37?,38-/m1/s1. The van der Waals surface area contributed by atoms with Gasteiger partial charge in [0.1, 0.15) is 13.2 Å². The molecule has 0 aliphatic heterocycles. The van der Waals surface area contributed by atoms with Crippen LogP contribution in [-0.4, -0.2) is 37.2 Å². The fourth-order valence-electron chi connectivity index (χ4n) is 5.84. The highest BCUT2D eigenvalue weighted by Crippen LogP contribution is 2.16. The molecule has 0 aliphatic carbocycles. The largest absolute Gasteiger partial charge is 0.462 e. The minimum Gasteiger partial charge on any atom is -0.462 e. The van der Waals surface area contributed by atoms with Crippen molar-refractivity contribution in [1.29, 1.82) is 0 Å². The molecule has 6 nitrogen and oxygen atoms in total. The van der Waals surface area contributed by atoms with Crippen molar-refractivity contribution in [3.63, 3.8) is 0 Å². The molecule has 1 unspecified atom stereocenters. The van der Waals surface area contributed by atoms with E-state index in [1.807, 2.05) is 0 Å². The third kappa shape index (κ3) is 34.1. The van der Waals surface area contributed by atoms with Crippen molar-refractivity contribution < 1.29 is 28.6 Å². The molecule has 0 amide bonds. The number of esters is 3.